The lowest BCUT2D eigenvalue weighted by atomic mass is 9.96. The Hall–Kier alpha value is -0.860. The first kappa shape index (κ1) is 11.2. The molecule has 1 rings (SSSR count). The van der Waals surface area contributed by atoms with E-state index in [4.69, 9.17) is 5.11 Å². The van der Waals surface area contributed by atoms with Gasteiger partial charge in [0, 0.05) is 12.6 Å². The Balaban J connectivity index is 2.68. The zero-order chi connectivity index (χ0) is 10.4. The molecule has 1 unspecified atom stereocenters. The highest BCUT2D eigenvalue weighted by atomic mass is 16.3. The van der Waals surface area contributed by atoms with Crippen molar-refractivity contribution in [3.05, 3.63) is 35.9 Å². The molecule has 0 aliphatic carbocycles. The van der Waals surface area contributed by atoms with Crippen LogP contribution in [0.3, 0.4) is 0 Å². The van der Waals surface area contributed by atoms with Crippen molar-refractivity contribution < 1.29 is 5.11 Å². The van der Waals surface area contributed by atoms with Gasteiger partial charge >= 0.3 is 0 Å². The predicted octanol–water partition coefficient (Wildman–Crippen LogP) is 1.97. The first-order chi connectivity index (χ1) is 6.75. The minimum absolute atomic E-state index is 0.191. The van der Waals surface area contributed by atoms with Gasteiger partial charge in [-0.2, -0.15) is 0 Å². The maximum Gasteiger partial charge on any atom is 0.0556 e. The predicted molar refractivity (Wildman–Crippen MR) is 59.1 cm³/mol. The minimum Gasteiger partial charge on any atom is -0.395 e. The summed E-state index contributed by atoms with van der Waals surface area (Å²) in [5.74, 6) is 0.531. The Morgan fingerprint density at radius 2 is 1.86 bits per heavy atom. The molecule has 0 aliphatic heterocycles. The molecule has 14 heavy (non-hydrogen) atoms. The summed E-state index contributed by atoms with van der Waals surface area (Å²) in [6.07, 6.45) is 0. The Kier molecular flexibility index (Phi) is 4.63. The molecule has 1 aromatic carbocycles. The van der Waals surface area contributed by atoms with Gasteiger partial charge in [0.15, 0.2) is 0 Å². The van der Waals surface area contributed by atoms with Crippen LogP contribution in [0.25, 0.3) is 0 Å². The lowest BCUT2D eigenvalue weighted by Crippen LogP contribution is -2.28. The summed E-state index contributed by atoms with van der Waals surface area (Å²) >= 11 is 0. The molecule has 0 amide bonds. The Labute approximate surface area is 86.0 Å². The van der Waals surface area contributed by atoms with Crippen molar-refractivity contribution in [3.8, 4) is 0 Å². The van der Waals surface area contributed by atoms with E-state index in [1.807, 2.05) is 18.2 Å². The summed E-state index contributed by atoms with van der Waals surface area (Å²) in [4.78, 5) is 0. The van der Waals surface area contributed by atoms with Crippen molar-refractivity contribution in [2.45, 2.75) is 19.9 Å². The van der Waals surface area contributed by atoms with Gasteiger partial charge in [-0.3, -0.25) is 0 Å². The third kappa shape index (κ3) is 3.13. The van der Waals surface area contributed by atoms with E-state index in [1.54, 1.807) is 0 Å². The van der Waals surface area contributed by atoms with Gasteiger partial charge in [-0.05, 0) is 11.5 Å². The van der Waals surface area contributed by atoms with E-state index in [-0.39, 0.29) is 6.61 Å². The fourth-order valence-electron chi connectivity index (χ4n) is 1.62. The van der Waals surface area contributed by atoms with E-state index >= 15 is 0 Å². The van der Waals surface area contributed by atoms with Crippen LogP contribution in [0.5, 0.6) is 0 Å². The molecule has 1 aromatic rings. The van der Waals surface area contributed by atoms with E-state index in [1.165, 1.54) is 5.56 Å². The maximum atomic E-state index is 8.78. The van der Waals surface area contributed by atoms with Crippen LogP contribution >= 0.6 is 0 Å². The third-order valence-electron chi connectivity index (χ3n) is 2.30. The fraction of sp³-hybridized carbons (Fsp3) is 0.500. The molecule has 1 atom stereocenters. The molecule has 2 heteroatoms. The van der Waals surface area contributed by atoms with Gasteiger partial charge in [-0.25, -0.2) is 0 Å². The molecule has 0 aromatic heterocycles. The number of hydrogen-bond donors (Lipinski definition) is 2. The van der Waals surface area contributed by atoms with Crippen LogP contribution in [0.4, 0.5) is 0 Å². The normalized spacial score (nSPS) is 13.1. The zero-order valence-corrected chi connectivity index (χ0v) is 8.90. The largest absolute Gasteiger partial charge is 0.395 e. The summed E-state index contributed by atoms with van der Waals surface area (Å²) in [5, 5.41) is 12.1. The van der Waals surface area contributed by atoms with Crippen molar-refractivity contribution in [1.29, 1.82) is 0 Å². The minimum atomic E-state index is 0.191. The van der Waals surface area contributed by atoms with Crippen LogP contribution in [0, 0.1) is 5.92 Å². The number of aliphatic hydroxyl groups excluding tert-OH is 1. The summed E-state index contributed by atoms with van der Waals surface area (Å²) < 4.78 is 0. The van der Waals surface area contributed by atoms with Gasteiger partial charge < -0.3 is 10.4 Å². The first-order valence-corrected chi connectivity index (χ1v) is 5.15. The Morgan fingerprint density at radius 1 is 1.21 bits per heavy atom. The topological polar surface area (TPSA) is 32.3 Å². The summed E-state index contributed by atoms with van der Waals surface area (Å²) in [6, 6.07) is 10.7. The van der Waals surface area contributed by atoms with E-state index in [2.05, 4.69) is 31.3 Å². The second-order valence-corrected chi connectivity index (χ2v) is 3.81. The maximum absolute atomic E-state index is 8.78. The highest BCUT2D eigenvalue weighted by Crippen LogP contribution is 2.20. The summed E-state index contributed by atoms with van der Waals surface area (Å²) in [6.45, 7) is 5.21. The highest BCUT2D eigenvalue weighted by Gasteiger charge is 2.13. The van der Waals surface area contributed by atoms with E-state index in [0.717, 1.165) is 0 Å². The molecule has 0 fully saturated rings. The van der Waals surface area contributed by atoms with Gasteiger partial charge in [-0.15, -0.1) is 0 Å². The second kappa shape index (κ2) is 5.78. The molecule has 0 aliphatic rings. The van der Waals surface area contributed by atoms with Crippen LogP contribution < -0.4 is 5.32 Å². The molecule has 0 saturated carbocycles. The molecule has 0 radical (unpaired) electrons. The molecule has 0 saturated heterocycles. The number of aliphatic hydroxyl groups is 1. The van der Waals surface area contributed by atoms with Crippen LogP contribution in [0.15, 0.2) is 30.3 Å². The Morgan fingerprint density at radius 3 is 2.36 bits per heavy atom. The molecule has 0 heterocycles. The number of hydrogen-bond acceptors (Lipinski definition) is 2. The first-order valence-electron chi connectivity index (χ1n) is 5.15. The monoisotopic (exact) mass is 193 g/mol. The van der Waals surface area contributed by atoms with Crippen LogP contribution in [-0.2, 0) is 0 Å². The van der Waals surface area contributed by atoms with Crippen molar-refractivity contribution in [1.82, 2.24) is 5.32 Å². The quantitative estimate of drug-likeness (QED) is 0.749. The van der Waals surface area contributed by atoms with Gasteiger partial charge in [0.2, 0.25) is 0 Å². The SMILES string of the molecule is CC(C)C(NCCO)c1ccccc1. The molecular weight excluding hydrogens is 174 g/mol. The molecule has 0 spiro atoms. The lowest BCUT2D eigenvalue weighted by Gasteiger charge is -2.22. The molecule has 78 valence electrons. The van der Waals surface area contributed by atoms with Crippen molar-refractivity contribution in [3.63, 3.8) is 0 Å². The second-order valence-electron chi connectivity index (χ2n) is 3.81. The van der Waals surface area contributed by atoms with Crippen molar-refractivity contribution in [2.24, 2.45) is 5.92 Å². The van der Waals surface area contributed by atoms with Gasteiger partial charge in [0.1, 0.15) is 0 Å². The van der Waals surface area contributed by atoms with Crippen molar-refractivity contribution >= 4 is 0 Å². The van der Waals surface area contributed by atoms with E-state index in [0.29, 0.717) is 18.5 Å². The van der Waals surface area contributed by atoms with E-state index < -0.39 is 0 Å². The van der Waals surface area contributed by atoms with Gasteiger partial charge in [0.25, 0.3) is 0 Å². The van der Waals surface area contributed by atoms with Gasteiger partial charge in [0.05, 0.1) is 6.61 Å². The number of rotatable bonds is 5. The summed E-state index contributed by atoms with van der Waals surface area (Å²) in [7, 11) is 0. The standard InChI is InChI=1S/C12H19NO/c1-10(2)12(13-8-9-14)11-6-4-3-5-7-11/h3-7,10,12-14H,8-9H2,1-2H3. The zero-order valence-electron chi connectivity index (χ0n) is 8.90. The average molecular weight is 193 g/mol. The molecule has 0 bridgehead atoms. The average Bonchev–Trinajstić information content (AvgIpc) is 2.19. The Bertz CT molecular complexity index is 246. The number of benzene rings is 1. The van der Waals surface area contributed by atoms with Crippen LogP contribution in [0.2, 0.25) is 0 Å². The fourth-order valence-corrected chi connectivity index (χ4v) is 1.62. The summed E-state index contributed by atoms with van der Waals surface area (Å²) in [5.41, 5.74) is 1.29. The van der Waals surface area contributed by atoms with Crippen molar-refractivity contribution in [2.75, 3.05) is 13.2 Å². The van der Waals surface area contributed by atoms with E-state index in [9.17, 15) is 0 Å². The van der Waals surface area contributed by atoms with Crippen LogP contribution in [0.1, 0.15) is 25.5 Å². The highest BCUT2D eigenvalue weighted by molar-refractivity contribution is 5.19. The van der Waals surface area contributed by atoms with Gasteiger partial charge in [-0.1, -0.05) is 44.2 Å². The molecule has 2 N–H and O–H groups in total. The molecular formula is C12H19NO. The lowest BCUT2D eigenvalue weighted by molar-refractivity contribution is 0.274. The smallest absolute Gasteiger partial charge is 0.0556 e. The third-order valence-corrected chi connectivity index (χ3v) is 2.30. The van der Waals surface area contributed by atoms with Crippen LogP contribution in [-0.4, -0.2) is 18.3 Å². The number of nitrogens with one attached hydrogen (secondary N) is 1. The molecule has 2 nitrogen and oxygen atoms in total.